The van der Waals surface area contributed by atoms with Gasteiger partial charge in [-0.05, 0) is 31.0 Å². The quantitative estimate of drug-likeness (QED) is 0.853. The second-order valence-electron chi connectivity index (χ2n) is 6.80. The van der Waals surface area contributed by atoms with Crippen LogP contribution in [0.2, 0.25) is 0 Å². The summed E-state index contributed by atoms with van der Waals surface area (Å²) in [6.45, 7) is 5.59. The molecule has 25 heavy (non-hydrogen) atoms. The molecule has 2 aliphatic rings. The van der Waals surface area contributed by atoms with Crippen molar-refractivity contribution in [3.8, 4) is 11.5 Å². The SMILES string of the molecule is CC(C)c1noc(C2CCCN(C(=O)c3ccc4c(c3)OCO4)C2)n1. The lowest BCUT2D eigenvalue weighted by Crippen LogP contribution is -2.39. The van der Waals surface area contributed by atoms with E-state index in [4.69, 9.17) is 14.0 Å². The van der Waals surface area contributed by atoms with Crippen molar-refractivity contribution in [2.75, 3.05) is 19.9 Å². The van der Waals surface area contributed by atoms with Crippen LogP contribution >= 0.6 is 0 Å². The lowest BCUT2D eigenvalue weighted by molar-refractivity contribution is 0.0695. The number of aromatic nitrogens is 2. The third-order valence-corrected chi connectivity index (χ3v) is 4.65. The van der Waals surface area contributed by atoms with Crippen molar-refractivity contribution in [2.24, 2.45) is 0 Å². The van der Waals surface area contributed by atoms with Gasteiger partial charge in [0.25, 0.3) is 5.91 Å². The van der Waals surface area contributed by atoms with Gasteiger partial charge in [-0.3, -0.25) is 4.79 Å². The smallest absolute Gasteiger partial charge is 0.254 e. The van der Waals surface area contributed by atoms with Gasteiger partial charge in [0.2, 0.25) is 12.7 Å². The highest BCUT2D eigenvalue weighted by atomic mass is 16.7. The van der Waals surface area contributed by atoms with Gasteiger partial charge in [0.15, 0.2) is 17.3 Å². The molecule has 1 aromatic heterocycles. The van der Waals surface area contributed by atoms with Crippen molar-refractivity contribution in [3.63, 3.8) is 0 Å². The van der Waals surface area contributed by atoms with Gasteiger partial charge in [-0.2, -0.15) is 4.98 Å². The van der Waals surface area contributed by atoms with Gasteiger partial charge in [-0.25, -0.2) is 0 Å². The van der Waals surface area contributed by atoms with Crippen LogP contribution in [0, 0.1) is 0 Å². The average molecular weight is 343 g/mol. The second kappa shape index (κ2) is 6.38. The van der Waals surface area contributed by atoms with Gasteiger partial charge < -0.3 is 18.9 Å². The minimum atomic E-state index is -0.00778. The molecule has 0 saturated carbocycles. The Kier molecular flexibility index (Phi) is 4.07. The lowest BCUT2D eigenvalue weighted by Gasteiger charge is -2.31. The predicted octanol–water partition coefficient (Wildman–Crippen LogP) is 2.94. The molecule has 7 nitrogen and oxygen atoms in total. The van der Waals surface area contributed by atoms with Crippen LogP contribution in [0.4, 0.5) is 0 Å². The standard InChI is InChI=1S/C18H21N3O4/c1-11(2)16-19-17(25-20-16)13-4-3-7-21(9-13)18(22)12-5-6-14-15(8-12)24-10-23-14/h5-6,8,11,13H,3-4,7,9-10H2,1-2H3. The Bertz CT molecular complexity index is 786. The predicted molar refractivity (Wildman–Crippen MR) is 88.8 cm³/mol. The van der Waals surface area contributed by atoms with E-state index in [0.29, 0.717) is 35.3 Å². The first-order valence-corrected chi connectivity index (χ1v) is 8.64. The van der Waals surface area contributed by atoms with E-state index in [1.807, 2.05) is 18.7 Å². The van der Waals surface area contributed by atoms with Gasteiger partial charge in [0.1, 0.15) is 0 Å². The number of piperidine rings is 1. The maximum absolute atomic E-state index is 12.9. The summed E-state index contributed by atoms with van der Waals surface area (Å²) in [4.78, 5) is 19.2. The zero-order chi connectivity index (χ0) is 17.4. The second-order valence-corrected chi connectivity index (χ2v) is 6.80. The van der Waals surface area contributed by atoms with Crippen molar-refractivity contribution in [2.45, 2.75) is 38.5 Å². The van der Waals surface area contributed by atoms with Crippen molar-refractivity contribution in [3.05, 3.63) is 35.5 Å². The Hall–Kier alpha value is -2.57. The molecule has 1 aromatic carbocycles. The van der Waals surface area contributed by atoms with Crippen molar-refractivity contribution >= 4 is 5.91 Å². The first-order chi connectivity index (χ1) is 12.1. The van der Waals surface area contributed by atoms with Crippen molar-refractivity contribution in [1.82, 2.24) is 15.0 Å². The molecule has 3 heterocycles. The molecule has 0 N–H and O–H groups in total. The topological polar surface area (TPSA) is 77.7 Å². The summed E-state index contributed by atoms with van der Waals surface area (Å²) in [6.07, 6.45) is 1.87. The van der Waals surface area contributed by atoms with E-state index in [1.165, 1.54) is 0 Å². The lowest BCUT2D eigenvalue weighted by atomic mass is 9.97. The Morgan fingerprint density at radius 1 is 1.28 bits per heavy atom. The molecule has 1 saturated heterocycles. The van der Waals surface area contributed by atoms with E-state index >= 15 is 0 Å². The molecule has 0 aliphatic carbocycles. The highest BCUT2D eigenvalue weighted by molar-refractivity contribution is 5.95. The van der Waals surface area contributed by atoms with Crippen LogP contribution in [-0.4, -0.2) is 40.8 Å². The molecule has 0 spiro atoms. The third kappa shape index (κ3) is 3.06. The number of rotatable bonds is 3. The Morgan fingerprint density at radius 3 is 2.92 bits per heavy atom. The molecule has 2 aromatic rings. The number of likely N-dealkylation sites (tertiary alicyclic amines) is 1. The summed E-state index contributed by atoms with van der Waals surface area (Å²) >= 11 is 0. The highest BCUT2D eigenvalue weighted by Crippen LogP contribution is 2.34. The molecule has 132 valence electrons. The van der Waals surface area contributed by atoms with Crippen LogP contribution in [0.25, 0.3) is 0 Å². The number of fused-ring (bicyclic) bond motifs is 1. The van der Waals surface area contributed by atoms with E-state index < -0.39 is 0 Å². The number of hydrogen-bond acceptors (Lipinski definition) is 6. The highest BCUT2D eigenvalue weighted by Gasteiger charge is 2.30. The van der Waals surface area contributed by atoms with Gasteiger partial charge in [0, 0.05) is 24.6 Å². The first-order valence-electron chi connectivity index (χ1n) is 8.64. The van der Waals surface area contributed by atoms with Gasteiger partial charge >= 0.3 is 0 Å². The third-order valence-electron chi connectivity index (χ3n) is 4.65. The molecule has 1 unspecified atom stereocenters. The van der Waals surface area contributed by atoms with Crippen LogP contribution in [0.3, 0.4) is 0 Å². The molecule has 1 atom stereocenters. The number of carbonyl (C=O) groups is 1. The molecule has 1 amide bonds. The average Bonchev–Trinajstić information content (AvgIpc) is 3.30. The Balaban J connectivity index is 1.49. The fourth-order valence-electron chi connectivity index (χ4n) is 3.22. The monoisotopic (exact) mass is 343 g/mol. The van der Waals surface area contributed by atoms with Gasteiger partial charge in [0.05, 0.1) is 5.92 Å². The van der Waals surface area contributed by atoms with E-state index in [-0.39, 0.29) is 24.5 Å². The van der Waals surface area contributed by atoms with E-state index in [0.717, 1.165) is 19.4 Å². The minimum Gasteiger partial charge on any atom is -0.454 e. The van der Waals surface area contributed by atoms with Crippen LogP contribution in [0.5, 0.6) is 11.5 Å². The van der Waals surface area contributed by atoms with E-state index in [9.17, 15) is 4.79 Å². The fourth-order valence-corrected chi connectivity index (χ4v) is 3.22. The Labute approximate surface area is 145 Å². The molecule has 1 fully saturated rings. The number of benzene rings is 1. The first kappa shape index (κ1) is 15.9. The maximum atomic E-state index is 12.9. The number of ether oxygens (including phenoxy) is 2. The molecular formula is C18H21N3O4. The van der Waals surface area contributed by atoms with Crippen LogP contribution in [0.15, 0.2) is 22.7 Å². The number of hydrogen-bond donors (Lipinski definition) is 0. The molecule has 7 heteroatoms. The zero-order valence-corrected chi connectivity index (χ0v) is 14.4. The molecule has 4 rings (SSSR count). The summed E-state index contributed by atoms with van der Waals surface area (Å²) in [7, 11) is 0. The zero-order valence-electron chi connectivity index (χ0n) is 14.4. The van der Waals surface area contributed by atoms with Crippen LogP contribution in [-0.2, 0) is 0 Å². The van der Waals surface area contributed by atoms with E-state index in [2.05, 4.69) is 10.1 Å². The van der Waals surface area contributed by atoms with Crippen LogP contribution in [0.1, 0.15) is 60.6 Å². The fraction of sp³-hybridized carbons (Fsp3) is 0.500. The molecule has 2 aliphatic heterocycles. The summed E-state index contributed by atoms with van der Waals surface area (Å²) in [5, 5.41) is 4.04. The van der Waals surface area contributed by atoms with Crippen LogP contribution < -0.4 is 9.47 Å². The summed E-state index contributed by atoms with van der Waals surface area (Å²) in [5.41, 5.74) is 0.610. The number of nitrogens with zero attached hydrogens (tertiary/aromatic N) is 3. The van der Waals surface area contributed by atoms with Gasteiger partial charge in [-0.15, -0.1) is 0 Å². The molecule has 0 radical (unpaired) electrons. The van der Waals surface area contributed by atoms with Crippen molar-refractivity contribution < 1.29 is 18.8 Å². The minimum absolute atomic E-state index is 0.00778. The summed E-state index contributed by atoms with van der Waals surface area (Å²) in [6, 6.07) is 5.31. The number of carbonyl (C=O) groups excluding carboxylic acids is 1. The Morgan fingerprint density at radius 2 is 2.12 bits per heavy atom. The largest absolute Gasteiger partial charge is 0.454 e. The summed E-state index contributed by atoms with van der Waals surface area (Å²) in [5.74, 6) is 2.96. The van der Waals surface area contributed by atoms with Gasteiger partial charge in [-0.1, -0.05) is 19.0 Å². The normalized spacial score (nSPS) is 19.5. The number of amides is 1. The molecule has 0 bridgehead atoms. The molecular weight excluding hydrogens is 322 g/mol. The maximum Gasteiger partial charge on any atom is 0.254 e. The van der Waals surface area contributed by atoms with Crippen molar-refractivity contribution in [1.29, 1.82) is 0 Å². The summed E-state index contributed by atoms with van der Waals surface area (Å²) < 4.78 is 16.1. The van der Waals surface area contributed by atoms with E-state index in [1.54, 1.807) is 18.2 Å².